The maximum absolute atomic E-state index is 10.4. The third-order valence-electron chi connectivity index (χ3n) is 3.23. The molecule has 1 N–H and O–H groups in total. The SMILES string of the molecule is CCC1OCCC1C(O)c1nccnc1OC. The summed E-state index contributed by atoms with van der Waals surface area (Å²) in [5.74, 6) is 0.465. The van der Waals surface area contributed by atoms with Gasteiger partial charge in [-0.05, 0) is 12.8 Å². The van der Waals surface area contributed by atoms with Crippen molar-refractivity contribution in [3.8, 4) is 5.88 Å². The molecule has 3 unspecified atom stereocenters. The predicted octanol–water partition coefficient (Wildman–Crippen LogP) is 1.33. The lowest BCUT2D eigenvalue weighted by atomic mass is 9.91. The fourth-order valence-electron chi connectivity index (χ4n) is 2.35. The Kier molecular flexibility index (Phi) is 3.91. The van der Waals surface area contributed by atoms with Crippen LogP contribution in [0.3, 0.4) is 0 Å². The van der Waals surface area contributed by atoms with Crippen LogP contribution in [-0.2, 0) is 4.74 Å². The van der Waals surface area contributed by atoms with Crippen molar-refractivity contribution in [3.05, 3.63) is 18.1 Å². The van der Waals surface area contributed by atoms with Gasteiger partial charge in [0.25, 0.3) is 0 Å². The molecule has 0 aromatic carbocycles. The molecule has 0 aliphatic carbocycles. The van der Waals surface area contributed by atoms with Crippen LogP contribution in [0.5, 0.6) is 5.88 Å². The lowest BCUT2D eigenvalue weighted by molar-refractivity contribution is 0.0275. The second kappa shape index (κ2) is 5.42. The smallest absolute Gasteiger partial charge is 0.238 e. The van der Waals surface area contributed by atoms with Gasteiger partial charge < -0.3 is 14.6 Å². The molecule has 1 aromatic heterocycles. The van der Waals surface area contributed by atoms with E-state index in [9.17, 15) is 5.11 Å². The molecule has 1 aliphatic rings. The average molecular weight is 238 g/mol. The Hall–Kier alpha value is -1.20. The van der Waals surface area contributed by atoms with E-state index < -0.39 is 6.10 Å². The van der Waals surface area contributed by atoms with E-state index >= 15 is 0 Å². The quantitative estimate of drug-likeness (QED) is 0.857. The molecule has 94 valence electrons. The van der Waals surface area contributed by atoms with Crippen LogP contribution < -0.4 is 4.74 Å². The third kappa shape index (κ3) is 2.40. The van der Waals surface area contributed by atoms with E-state index in [1.807, 2.05) is 0 Å². The number of aliphatic hydroxyl groups excluding tert-OH is 1. The summed E-state index contributed by atoms with van der Waals surface area (Å²) in [4.78, 5) is 8.22. The highest BCUT2D eigenvalue weighted by molar-refractivity contribution is 5.20. The summed E-state index contributed by atoms with van der Waals surface area (Å²) in [7, 11) is 1.53. The van der Waals surface area contributed by atoms with Crippen LogP contribution in [0.25, 0.3) is 0 Å². The molecule has 0 amide bonds. The van der Waals surface area contributed by atoms with Crippen molar-refractivity contribution < 1.29 is 14.6 Å². The summed E-state index contributed by atoms with van der Waals surface area (Å²) in [6, 6.07) is 0. The van der Waals surface area contributed by atoms with Gasteiger partial charge in [0.1, 0.15) is 11.8 Å². The molecule has 1 aliphatic heterocycles. The highest BCUT2D eigenvalue weighted by Crippen LogP contribution is 2.36. The van der Waals surface area contributed by atoms with Crippen molar-refractivity contribution in [2.45, 2.75) is 32.0 Å². The zero-order valence-electron chi connectivity index (χ0n) is 10.2. The summed E-state index contributed by atoms with van der Waals surface area (Å²) >= 11 is 0. The van der Waals surface area contributed by atoms with Gasteiger partial charge in [-0.2, -0.15) is 0 Å². The number of rotatable bonds is 4. The molecule has 0 bridgehead atoms. The average Bonchev–Trinajstić information content (AvgIpc) is 2.86. The number of hydrogen-bond donors (Lipinski definition) is 1. The minimum absolute atomic E-state index is 0.0746. The second-order valence-electron chi connectivity index (χ2n) is 4.17. The van der Waals surface area contributed by atoms with Crippen molar-refractivity contribution in [1.29, 1.82) is 0 Å². The van der Waals surface area contributed by atoms with E-state index in [0.717, 1.165) is 12.8 Å². The van der Waals surface area contributed by atoms with E-state index in [1.165, 1.54) is 7.11 Å². The lowest BCUT2D eigenvalue weighted by Gasteiger charge is -2.22. The second-order valence-corrected chi connectivity index (χ2v) is 4.17. The predicted molar refractivity (Wildman–Crippen MR) is 61.7 cm³/mol. The molecule has 17 heavy (non-hydrogen) atoms. The van der Waals surface area contributed by atoms with Gasteiger partial charge >= 0.3 is 0 Å². The van der Waals surface area contributed by atoms with Gasteiger partial charge in [-0.1, -0.05) is 6.92 Å². The molecule has 1 saturated heterocycles. The first kappa shape index (κ1) is 12.3. The van der Waals surface area contributed by atoms with Crippen LogP contribution in [0.2, 0.25) is 0 Å². The highest BCUT2D eigenvalue weighted by Gasteiger charge is 2.35. The number of aromatic nitrogens is 2. The van der Waals surface area contributed by atoms with Crippen molar-refractivity contribution in [2.75, 3.05) is 13.7 Å². The molecule has 1 aromatic rings. The van der Waals surface area contributed by atoms with Gasteiger partial charge in [-0.15, -0.1) is 0 Å². The van der Waals surface area contributed by atoms with Crippen molar-refractivity contribution in [3.63, 3.8) is 0 Å². The zero-order valence-corrected chi connectivity index (χ0v) is 10.2. The molecule has 5 nitrogen and oxygen atoms in total. The Bertz CT molecular complexity index is 373. The fraction of sp³-hybridized carbons (Fsp3) is 0.667. The minimum Gasteiger partial charge on any atom is -0.480 e. The normalized spacial score (nSPS) is 25.8. The molecule has 2 heterocycles. The summed E-state index contributed by atoms with van der Waals surface area (Å²) in [6.45, 7) is 2.76. The first-order valence-corrected chi connectivity index (χ1v) is 5.92. The molecule has 3 atom stereocenters. The number of aliphatic hydroxyl groups is 1. The number of nitrogens with zero attached hydrogens (tertiary/aromatic N) is 2. The van der Waals surface area contributed by atoms with Gasteiger partial charge in [0.15, 0.2) is 0 Å². The van der Waals surface area contributed by atoms with Gasteiger partial charge in [-0.3, -0.25) is 4.98 Å². The molecule has 0 saturated carbocycles. The van der Waals surface area contributed by atoms with Crippen molar-refractivity contribution in [1.82, 2.24) is 9.97 Å². The fourth-order valence-corrected chi connectivity index (χ4v) is 2.35. The Morgan fingerprint density at radius 3 is 3.00 bits per heavy atom. The monoisotopic (exact) mass is 238 g/mol. The lowest BCUT2D eigenvalue weighted by Crippen LogP contribution is -2.23. The van der Waals surface area contributed by atoms with Gasteiger partial charge in [-0.25, -0.2) is 4.98 Å². The molecular formula is C12H18N2O3. The van der Waals surface area contributed by atoms with Gasteiger partial charge in [0, 0.05) is 24.9 Å². The van der Waals surface area contributed by atoms with E-state index in [2.05, 4.69) is 16.9 Å². The van der Waals surface area contributed by atoms with Gasteiger partial charge in [0.05, 0.1) is 13.2 Å². The Morgan fingerprint density at radius 2 is 2.29 bits per heavy atom. The van der Waals surface area contributed by atoms with Crippen LogP contribution in [0.15, 0.2) is 12.4 Å². The van der Waals surface area contributed by atoms with Crippen LogP contribution in [0.1, 0.15) is 31.6 Å². The minimum atomic E-state index is -0.675. The Balaban J connectivity index is 2.21. The van der Waals surface area contributed by atoms with Crippen LogP contribution >= 0.6 is 0 Å². The van der Waals surface area contributed by atoms with Crippen LogP contribution in [0, 0.1) is 5.92 Å². The largest absolute Gasteiger partial charge is 0.480 e. The van der Waals surface area contributed by atoms with E-state index in [-0.39, 0.29) is 12.0 Å². The topological polar surface area (TPSA) is 64.5 Å². The third-order valence-corrected chi connectivity index (χ3v) is 3.23. The number of hydrogen-bond acceptors (Lipinski definition) is 5. The molecule has 1 fully saturated rings. The summed E-state index contributed by atoms with van der Waals surface area (Å²) < 4.78 is 10.7. The maximum Gasteiger partial charge on any atom is 0.238 e. The molecular weight excluding hydrogens is 220 g/mol. The molecule has 2 rings (SSSR count). The molecule has 0 spiro atoms. The van der Waals surface area contributed by atoms with E-state index in [0.29, 0.717) is 18.2 Å². The Labute approximate surface area is 101 Å². The Morgan fingerprint density at radius 1 is 1.53 bits per heavy atom. The number of methoxy groups -OCH3 is 1. The molecule has 0 radical (unpaired) electrons. The van der Waals surface area contributed by atoms with E-state index in [4.69, 9.17) is 9.47 Å². The molecule has 5 heteroatoms. The summed E-state index contributed by atoms with van der Waals surface area (Å²) in [6.07, 6.45) is 4.28. The summed E-state index contributed by atoms with van der Waals surface area (Å²) in [5, 5.41) is 10.4. The maximum atomic E-state index is 10.4. The zero-order chi connectivity index (χ0) is 12.3. The van der Waals surface area contributed by atoms with E-state index in [1.54, 1.807) is 12.4 Å². The van der Waals surface area contributed by atoms with Crippen molar-refractivity contribution in [2.24, 2.45) is 5.92 Å². The van der Waals surface area contributed by atoms with Gasteiger partial charge in [0.2, 0.25) is 5.88 Å². The highest BCUT2D eigenvalue weighted by atomic mass is 16.5. The first-order valence-electron chi connectivity index (χ1n) is 5.92. The number of ether oxygens (including phenoxy) is 2. The van der Waals surface area contributed by atoms with Crippen LogP contribution in [0.4, 0.5) is 0 Å². The van der Waals surface area contributed by atoms with Crippen molar-refractivity contribution >= 4 is 0 Å². The summed E-state index contributed by atoms with van der Waals surface area (Å²) in [5.41, 5.74) is 0.504. The van der Waals surface area contributed by atoms with Crippen LogP contribution in [-0.4, -0.2) is 34.9 Å². The first-order chi connectivity index (χ1) is 8.27. The standard InChI is InChI=1S/C12H18N2O3/c1-3-9-8(4-7-17-9)11(15)10-12(16-2)14-6-5-13-10/h5-6,8-9,11,15H,3-4,7H2,1-2H3.